The summed E-state index contributed by atoms with van der Waals surface area (Å²) in [7, 11) is 3.12. The molecule has 0 bridgehead atoms. The summed E-state index contributed by atoms with van der Waals surface area (Å²) in [4.78, 5) is 29.9. The number of nitrogens with zero attached hydrogens (tertiary/aromatic N) is 1. The largest absolute Gasteiger partial charge is 0.493 e. The highest BCUT2D eigenvalue weighted by Crippen LogP contribution is 2.36. The molecule has 2 aromatic carbocycles. The monoisotopic (exact) mass is 538 g/mol. The first-order valence-electron chi connectivity index (χ1n) is 13.9. The molecule has 0 unspecified atom stereocenters. The van der Waals surface area contributed by atoms with Gasteiger partial charge >= 0.3 is 0 Å². The molecule has 39 heavy (non-hydrogen) atoms. The van der Waals surface area contributed by atoms with Crippen molar-refractivity contribution in [2.75, 3.05) is 34.0 Å². The average Bonchev–Trinajstić information content (AvgIpc) is 3.50. The Kier molecular flexibility index (Phi) is 8.76. The van der Waals surface area contributed by atoms with Gasteiger partial charge in [0.15, 0.2) is 23.0 Å². The summed E-state index contributed by atoms with van der Waals surface area (Å²) in [6.45, 7) is 0.955. The van der Waals surface area contributed by atoms with Gasteiger partial charge in [0.1, 0.15) is 12.6 Å². The van der Waals surface area contributed by atoms with E-state index in [-0.39, 0.29) is 37.1 Å². The number of fused-ring (bicyclic) bond motifs is 1. The molecule has 1 aliphatic carbocycles. The van der Waals surface area contributed by atoms with Crippen molar-refractivity contribution in [1.29, 1.82) is 0 Å². The zero-order valence-corrected chi connectivity index (χ0v) is 22.7. The molecule has 1 N–H and O–H groups in total. The number of hydrogen-bond acceptors (Lipinski definition) is 7. The minimum atomic E-state index is -0.913. The Morgan fingerprint density at radius 1 is 0.974 bits per heavy atom. The first-order valence-corrected chi connectivity index (χ1v) is 13.9. The second kappa shape index (κ2) is 12.6. The van der Waals surface area contributed by atoms with Crippen LogP contribution in [0.2, 0.25) is 0 Å². The van der Waals surface area contributed by atoms with E-state index in [2.05, 4.69) is 5.32 Å². The Hall–Kier alpha value is -3.46. The van der Waals surface area contributed by atoms with Gasteiger partial charge < -0.3 is 33.9 Å². The van der Waals surface area contributed by atoms with E-state index in [9.17, 15) is 9.59 Å². The number of ether oxygens (including phenoxy) is 5. The lowest BCUT2D eigenvalue weighted by atomic mass is 9.94. The van der Waals surface area contributed by atoms with Gasteiger partial charge in [-0.25, -0.2) is 0 Å². The summed E-state index contributed by atoms with van der Waals surface area (Å²) < 4.78 is 28.9. The molecular formula is C30H38N2O7. The molecule has 2 aliphatic heterocycles. The van der Waals surface area contributed by atoms with Crippen molar-refractivity contribution in [3.8, 4) is 23.0 Å². The number of benzene rings is 2. The molecular weight excluding hydrogens is 500 g/mol. The van der Waals surface area contributed by atoms with E-state index < -0.39 is 12.1 Å². The van der Waals surface area contributed by atoms with E-state index in [0.717, 1.165) is 38.5 Å². The van der Waals surface area contributed by atoms with Gasteiger partial charge in [0.2, 0.25) is 12.0 Å². The maximum Gasteiger partial charge on any atom is 0.268 e. The van der Waals surface area contributed by atoms with Crippen LogP contribution >= 0.6 is 0 Å². The molecule has 2 amide bonds. The summed E-state index contributed by atoms with van der Waals surface area (Å²) in [5, 5.41) is 3.24. The van der Waals surface area contributed by atoms with Gasteiger partial charge in [0.25, 0.3) is 5.91 Å². The van der Waals surface area contributed by atoms with Crippen LogP contribution in [0.4, 0.5) is 0 Å². The predicted molar refractivity (Wildman–Crippen MR) is 144 cm³/mol. The molecule has 1 saturated heterocycles. The van der Waals surface area contributed by atoms with Crippen LogP contribution in [0.1, 0.15) is 56.6 Å². The quantitative estimate of drug-likeness (QED) is 0.515. The zero-order valence-electron chi connectivity index (χ0n) is 22.7. The first-order chi connectivity index (χ1) is 19.1. The Morgan fingerprint density at radius 2 is 1.74 bits per heavy atom. The van der Waals surface area contributed by atoms with Crippen molar-refractivity contribution in [2.45, 2.75) is 69.2 Å². The number of amides is 2. The number of rotatable bonds is 9. The molecule has 3 aliphatic rings. The third-order valence-electron chi connectivity index (χ3n) is 7.73. The lowest BCUT2D eigenvalue weighted by molar-refractivity contribution is -0.150. The van der Waals surface area contributed by atoms with Crippen LogP contribution in [0.25, 0.3) is 0 Å². The lowest BCUT2D eigenvalue weighted by Crippen LogP contribution is -2.54. The number of nitrogens with one attached hydrogen (secondary N) is 1. The Morgan fingerprint density at radius 3 is 2.46 bits per heavy atom. The molecule has 0 radical (unpaired) electrons. The highest BCUT2D eigenvalue weighted by atomic mass is 16.6. The van der Waals surface area contributed by atoms with Gasteiger partial charge in [-0.3, -0.25) is 9.59 Å². The van der Waals surface area contributed by atoms with Crippen LogP contribution in [-0.4, -0.2) is 68.9 Å². The molecule has 2 heterocycles. The molecule has 0 spiro atoms. The van der Waals surface area contributed by atoms with Crippen molar-refractivity contribution < 1.29 is 33.3 Å². The van der Waals surface area contributed by atoms with Crippen LogP contribution in [0.15, 0.2) is 42.5 Å². The van der Waals surface area contributed by atoms with Gasteiger partial charge in [-0.2, -0.15) is 0 Å². The fourth-order valence-electron chi connectivity index (χ4n) is 5.68. The van der Waals surface area contributed by atoms with E-state index >= 15 is 0 Å². The molecule has 210 valence electrons. The second-order valence-corrected chi connectivity index (χ2v) is 10.4. The van der Waals surface area contributed by atoms with Crippen LogP contribution in [0.3, 0.4) is 0 Å². The van der Waals surface area contributed by atoms with Crippen LogP contribution in [0.5, 0.6) is 23.0 Å². The lowest BCUT2D eigenvalue weighted by Gasteiger charge is -2.37. The van der Waals surface area contributed by atoms with E-state index in [1.165, 1.54) is 6.42 Å². The standard InChI is InChI=1S/C30H38N2O7/c1-35-23-15-14-20(17-26(23)36-2)28(29(33)31-21-9-4-3-5-10-21)32(18-22-11-8-16-37-22)30(34)27-19-38-24-12-6-7-13-25(24)39-27/h6-7,12-15,17,21-22,27-28H,3-5,8-11,16,18-19H2,1-2H3,(H,31,33)/t22-,27-,28-/m1/s1. The van der Waals surface area contributed by atoms with Gasteiger partial charge in [0.05, 0.1) is 20.3 Å². The molecule has 3 atom stereocenters. The van der Waals surface area contributed by atoms with Gasteiger partial charge in [-0.1, -0.05) is 37.5 Å². The Bertz CT molecular complexity index is 1140. The van der Waals surface area contributed by atoms with E-state index in [0.29, 0.717) is 35.2 Å². The summed E-state index contributed by atoms with van der Waals surface area (Å²) >= 11 is 0. The second-order valence-electron chi connectivity index (χ2n) is 10.4. The Balaban J connectivity index is 1.50. The first kappa shape index (κ1) is 27.1. The fourth-order valence-corrected chi connectivity index (χ4v) is 5.68. The minimum absolute atomic E-state index is 0.0563. The van der Waals surface area contributed by atoms with Crippen molar-refractivity contribution in [3.63, 3.8) is 0 Å². The number of para-hydroxylation sites is 2. The number of hydrogen-bond donors (Lipinski definition) is 1. The number of carbonyl (C=O) groups excluding carboxylic acids is 2. The normalized spacial score (nSPS) is 21.6. The maximum atomic E-state index is 14.2. The molecule has 2 aromatic rings. The summed E-state index contributed by atoms with van der Waals surface area (Å²) in [5.41, 5.74) is 0.629. The summed E-state index contributed by atoms with van der Waals surface area (Å²) in [5.74, 6) is 1.59. The fraction of sp³-hybridized carbons (Fsp3) is 0.533. The number of methoxy groups -OCH3 is 2. The van der Waals surface area contributed by atoms with Crippen molar-refractivity contribution in [3.05, 3.63) is 48.0 Å². The highest BCUT2D eigenvalue weighted by molar-refractivity contribution is 5.91. The van der Waals surface area contributed by atoms with E-state index in [1.54, 1.807) is 37.3 Å². The van der Waals surface area contributed by atoms with E-state index in [1.807, 2.05) is 24.3 Å². The van der Waals surface area contributed by atoms with E-state index in [4.69, 9.17) is 23.7 Å². The molecule has 9 heteroatoms. The smallest absolute Gasteiger partial charge is 0.268 e. The SMILES string of the molecule is COc1ccc([C@H](C(=O)NC2CCCCC2)N(C[C@H]2CCCO2)C(=O)[C@H]2COc3ccccc3O2)cc1OC. The molecule has 5 rings (SSSR count). The van der Waals surface area contributed by atoms with Crippen LogP contribution < -0.4 is 24.3 Å². The van der Waals surface area contributed by atoms with Gasteiger partial charge in [0, 0.05) is 19.2 Å². The highest BCUT2D eigenvalue weighted by Gasteiger charge is 2.40. The van der Waals surface area contributed by atoms with Gasteiger partial charge in [-0.05, 0) is 55.5 Å². The average molecular weight is 539 g/mol. The Labute approximate surface area is 229 Å². The predicted octanol–water partition coefficient (Wildman–Crippen LogP) is 4.04. The zero-order chi connectivity index (χ0) is 27.2. The molecule has 1 saturated carbocycles. The van der Waals surface area contributed by atoms with Gasteiger partial charge in [-0.15, -0.1) is 0 Å². The summed E-state index contributed by atoms with van der Waals surface area (Å²) in [6, 6.07) is 11.8. The molecule has 9 nitrogen and oxygen atoms in total. The topological polar surface area (TPSA) is 95.6 Å². The van der Waals surface area contributed by atoms with Crippen molar-refractivity contribution in [2.24, 2.45) is 0 Å². The summed E-state index contributed by atoms with van der Waals surface area (Å²) in [6.07, 6.45) is 5.86. The van der Waals surface area contributed by atoms with Crippen molar-refractivity contribution in [1.82, 2.24) is 10.2 Å². The third-order valence-corrected chi connectivity index (χ3v) is 7.73. The number of carbonyl (C=O) groups is 2. The maximum absolute atomic E-state index is 14.2. The molecule has 2 fully saturated rings. The third kappa shape index (κ3) is 6.24. The molecule has 0 aromatic heterocycles. The van der Waals surface area contributed by atoms with Crippen molar-refractivity contribution >= 4 is 11.8 Å². The minimum Gasteiger partial charge on any atom is -0.493 e. The van der Waals surface area contributed by atoms with Crippen LogP contribution in [0, 0.1) is 0 Å². The van der Waals surface area contributed by atoms with Crippen LogP contribution in [-0.2, 0) is 14.3 Å².